The average molecular weight is 348 g/mol. The Morgan fingerprint density at radius 2 is 2.19 bits per heavy atom. The van der Waals surface area contributed by atoms with E-state index in [0.717, 1.165) is 18.2 Å². The Morgan fingerprint density at radius 1 is 1.23 bits per heavy atom. The van der Waals surface area contributed by atoms with Crippen molar-refractivity contribution in [3.63, 3.8) is 0 Å². The van der Waals surface area contributed by atoms with Gasteiger partial charge in [-0.05, 0) is 73.0 Å². The average Bonchev–Trinajstić information content (AvgIpc) is 2.70. The van der Waals surface area contributed by atoms with E-state index in [0.29, 0.717) is 11.5 Å². The summed E-state index contributed by atoms with van der Waals surface area (Å²) in [5, 5.41) is 0. The first-order valence-electron chi connectivity index (χ1n) is 10.1. The molecule has 0 N–H and O–H groups in total. The lowest BCUT2D eigenvalue weighted by Gasteiger charge is -2.59. The number of ether oxygens (including phenoxy) is 1. The normalized spacial score (nSPS) is 30.3. The Kier molecular flexibility index (Phi) is 4.00. The number of nitrogens with zero attached hydrogens (tertiary/aromatic N) is 2. The van der Waals surface area contributed by atoms with Gasteiger partial charge in [0, 0.05) is 30.4 Å². The van der Waals surface area contributed by atoms with Gasteiger partial charge in [-0.1, -0.05) is 25.0 Å². The van der Waals surface area contributed by atoms with E-state index < -0.39 is 0 Å². The van der Waals surface area contributed by atoms with Crippen LogP contribution in [0, 0.1) is 5.92 Å². The summed E-state index contributed by atoms with van der Waals surface area (Å²) in [5.41, 5.74) is 4.90. The molecule has 3 aliphatic rings. The number of fused-ring (bicyclic) bond motifs is 1. The highest BCUT2D eigenvalue weighted by Gasteiger charge is 2.53. The summed E-state index contributed by atoms with van der Waals surface area (Å²) in [6, 6.07) is 11.8. The zero-order valence-corrected chi connectivity index (χ0v) is 15.7. The minimum atomic E-state index is 0.385. The van der Waals surface area contributed by atoms with Gasteiger partial charge in [-0.2, -0.15) is 0 Å². The molecule has 136 valence electrons. The number of methoxy groups -OCH3 is 1. The number of aromatic nitrogens is 1. The van der Waals surface area contributed by atoms with E-state index in [9.17, 15) is 0 Å². The molecule has 26 heavy (non-hydrogen) atoms. The summed E-state index contributed by atoms with van der Waals surface area (Å²) in [6.07, 6.45) is 11.9. The molecule has 0 radical (unpaired) electrons. The van der Waals surface area contributed by atoms with E-state index in [1.54, 1.807) is 18.2 Å². The van der Waals surface area contributed by atoms with Crippen molar-refractivity contribution < 1.29 is 4.74 Å². The zero-order valence-electron chi connectivity index (χ0n) is 15.7. The first-order chi connectivity index (χ1) is 12.8. The minimum Gasteiger partial charge on any atom is -0.497 e. The van der Waals surface area contributed by atoms with Crippen LogP contribution in [0.3, 0.4) is 0 Å². The first kappa shape index (κ1) is 16.3. The number of hydrogen-bond acceptors (Lipinski definition) is 3. The lowest BCUT2D eigenvalue weighted by atomic mass is 9.52. The molecule has 3 heteroatoms. The Balaban J connectivity index is 1.53. The third kappa shape index (κ3) is 2.48. The maximum Gasteiger partial charge on any atom is 0.119 e. The quantitative estimate of drug-likeness (QED) is 0.825. The fourth-order valence-electron chi connectivity index (χ4n) is 6.11. The maximum absolute atomic E-state index is 5.58. The van der Waals surface area contributed by atoms with Gasteiger partial charge in [0.2, 0.25) is 0 Å². The molecule has 2 heterocycles. The van der Waals surface area contributed by atoms with Gasteiger partial charge in [-0.15, -0.1) is 0 Å². The van der Waals surface area contributed by atoms with Gasteiger partial charge in [0.15, 0.2) is 0 Å². The van der Waals surface area contributed by atoms with Crippen LogP contribution in [0.4, 0.5) is 0 Å². The molecule has 1 saturated carbocycles. The summed E-state index contributed by atoms with van der Waals surface area (Å²) in [5.74, 6) is 1.82. The molecule has 0 amide bonds. The smallest absolute Gasteiger partial charge is 0.119 e. The van der Waals surface area contributed by atoms with Crippen LogP contribution in [0.1, 0.15) is 48.8 Å². The monoisotopic (exact) mass is 348 g/mol. The molecular formula is C23H28N2O. The van der Waals surface area contributed by atoms with Crippen molar-refractivity contribution in [3.8, 4) is 5.75 Å². The molecule has 1 aromatic carbocycles. The molecule has 1 aromatic heterocycles. The number of likely N-dealkylation sites (tertiary alicyclic amines) is 1. The molecule has 2 fully saturated rings. The zero-order chi connectivity index (χ0) is 17.6. The Bertz CT molecular complexity index is 790. The molecule has 2 aliphatic carbocycles. The van der Waals surface area contributed by atoms with Gasteiger partial charge in [0.05, 0.1) is 7.11 Å². The van der Waals surface area contributed by atoms with Crippen LogP contribution in [-0.4, -0.2) is 29.6 Å². The molecule has 0 spiro atoms. The lowest BCUT2D eigenvalue weighted by molar-refractivity contribution is -0.0157. The number of rotatable bonds is 3. The summed E-state index contributed by atoms with van der Waals surface area (Å²) >= 11 is 0. The van der Waals surface area contributed by atoms with Crippen molar-refractivity contribution in [2.45, 2.75) is 56.5 Å². The van der Waals surface area contributed by atoms with Crippen molar-refractivity contribution in [3.05, 3.63) is 59.4 Å². The summed E-state index contributed by atoms with van der Waals surface area (Å²) < 4.78 is 5.58. The summed E-state index contributed by atoms with van der Waals surface area (Å²) in [4.78, 5) is 7.07. The highest BCUT2D eigenvalue weighted by atomic mass is 16.5. The predicted molar refractivity (Wildman–Crippen MR) is 103 cm³/mol. The molecule has 1 aliphatic heterocycles. The molecular weight excluding hydrogens is 320 g/mol. The topological polar surface area (TPSA) is 25.4 Å². The molecule has 3 atom stereocenters. The highest BCUT2D eigenvalue weighted by molar-refractivity contribution is 5.45. The van der Waals surface area contributed by atoms with Crippen LogP contribution < -0.4 is 4.74 Å². The van der Waals surface area contributed by atoms with E-state index in [-0.39, 0.29) is 0 Å². The Morgan fingerprint density at radius 3 is 3.04 bits per heavy atom. The Labute approximate surface area is 156 Å². The van der Waals surface area contributed by atoms with Crippen molar-refractivity contribution in [1.29, 1.82) is 0 Å². The van der Waals surface area contributed by atoms with Gasteiger partial charge in [0.1, 0.15) is 5.75 Å². The third-order valence-corrected chi connectivity index (χ3v) is 7.27. The minimum absolute atomic E-state index is 0.385. The van der Waals surface area contributed by atoms with Crippen molar-refractivity contribution >= 4 is 0 Å². The summed E-state index contributed by atoms with van der Waals surface area (Å²) in [6.45, 7) is 2.24. The number of piperidine rings is 1. The van der Waals surface area contributed by atoms with E-state index in [2.05, 4.69) is 40.2 Å². The molecule has 2 bridgehead atoms. The fraction of sp³-hybridized carbons (Fsp3) is 0.522. The van der Waals surface area contributed by atoms with Crippen LogP contribution in [0.2, 0.25) is 0 Å². The van der Waals surface area contributed by atoms with Gasteiger partial charge in [-0.25, -0.2) is 0 Å². The number of benzene rings is 1. The second-order valence-electron chi connectivity index (χ2n) is 8.38. The standard InChI is InChI=1S/C23H28N2O/c1-26-19-8-7-18-13-22-20-6-2-3-9-23(20,21(18)14-19)10-12-25(22)16-17-5-4-11-24-15-17/h4-5,7-8,11,14-15,20,22H,2-3,6,9-10,12-13,16H2,1H3/t20?,22-,23-/m0/s1. The second kappa shape index (κ2) is 6.38. The second-order valence-corrected chi connectivity index (χ2v) is 8.38. The van der Waals surface area contributed by atoms with Crippen molar-refractivity contribution in [2.75, 3.05) is 13.7 Å². The summed E-state index contributed by atoms with van der Waals surface area (Å²) in [7, 11) is 1.79. The third-order valence-electron chi connectivity index (χ3n) is 7.27. The lowest BCUT2D eigenvalue weighted by Crippen LogP contribution is -2.60. The van der Waals surface area contributed by atoms with Gasteiger partial charge in [-0.3, -0.25) is 9.88 Å². The van der Waals surface area contributed by atoms with E-state index in [1.807, 2.05) is 12.4 Å². The van der Waals surface area contributed by atoms with E-state index in [4.69, 9.17) is 4.74 Å². The van der Waals surface area contributed by atoms with E-state index in [1.165, 1.54) is 50.6 Å². The first-order valence-corrected chi connectivity index (χ1v) is 10.1. The van der Waals surface area contributed by atoms with Crippen LogP contribution in [0.15, 0.2) is 42.7 Å². The predicted octanol–water partition coefficient (Wildman–Crippen LogP) is 4.35. The highest BCUT2D eigenvalue weighted by Crippen LogP contribution is 2.56. The molecule has 5 rings (SSSR count). The van der Waals surface area contributed by atoms with E-state index >= 15 is 0 Å². The molecule has 2 aromatic rings. The van der Waals surface area contributed by atoms with Crippen LogP contribution in [-0.2, 0) is 18.4 Å². The fourth-order valence-corrected chi connectivity index (χ4v) is 6.11. The number of hydrogen-bond donors (Lipinski definition) is 0. The van der Waals surface area contributed by atoms with Gasteiger partial charge in [0.25, 0.3) is 0 Å². The van der Waals surface area contributed by atoms with Crippen LogP contribution in [0.5, 0.6) is 5.75 Å². The van der Waals surface area contributed by atoms with Crippen molar-refractivity contribution in [2.24, 2.45) is 5.92 Å². The van der Waals surface area contributed by atoms with Crippen LogP contribution >= 0.6 is 0 Å². The van der Waals surface area contributed by atoms with Gasteiger partial charge < -0.3 is 4.74 Å². The molecule has 1 saturated heterocycles. The maximum atomic E-state index is 5.58. The molecule has 1 unspecified atom stereocenters. The Hall–Kier alpha value is -1.87. The largest absolute Gasteiger partial charge is 0.497 e. The SMILES string of the molecule is COc1ccc2c(c1)[C@]13CCCCC1[C@H](C2)N(Cc1cccnc1)CC3. The molecule has 3 nitrogen and oxygen atoms in total. The van der Waals surface area contributed by atoms with Crippen molar-refractivity contribution in [1.82, 2.24) is 9.88 Å². The van der Waals surface area contributed by atoms with Gasteiger partial charge >= 0.3 is 0 Å². The van der Waals surface area contributed by atoms with Crippen LogP contribution in [0.25, 0.3) is 0 Å². The number of pyridine rings is 1.